The zero-order valence-electron chi connectivity index (χ0n) is 11.9. The molecule has 0 radical (unpaired) electrons. The van der Waals surface area contributed by atoms with Gasteiger partial charge in [-0.2, -0.15) is 0 Å². The molecular formula is C16H18N2O2. The second-order valence-electron chi connectivity index (χ2n) is 4.66. The zero-order chi connectivity index (χ0) is 14.7. The summed E-state index contributed by atoms with van der Waals surface area (Å²) in [4.78, 5) is 13.5. The van der Waals surface area contributed by atoms with Crippen LogP contribution in [-0.2, 0) is 4.74 Å². The van der Waals surface area contributed by atoms with Gasteiger partial charge in [-0.1, -0.05) is 12.1 Å². The van der Waals surface area contributed by atoms with E-state index in [-0.39, 0.29) is 5.97 Å². The fourth-order valence-corrected chi connectivity index (χ4v) is 2.08. The molecule has 0 heterocycles. The Labute approximate surface area is 118 Å². The van der Waals surface area contributed by atoms with E-state index in [1.165, 1.54) is 12.7 Å². The van der Waals surface area contributed by atoms with Crippen LogP contribution >= 0.6 is 0 Å². The van der Waals surface area contributed by atoms with Crippen LogP contribution in [0.4, 0.5) is 17.1 Å². The molecule has 4 heteroatoms. The number of carbonyl (C=O) groups is 1. The number of hydrogen-bond acceptors (Lipinski definition) is 4. The van der Waals surface area contributed by atoms with Gasteiger partial charge >= 0.3 is 5.97 Å². The molecule has 0 saturated heterocycles. The maximum Gasteiger partial charge on any atom is 0.337 e. The summed E-state index contributed by atoms with van der Waals surface area (Å²) in [7, 11) is 3.30. The van der Waals surface area contributed by atoms with Crippen LogP contribution in [0.1, 0.15) is 15.9 Å². The van der Waals surface area contributed by atoms with Gasteiger partial charge in [-0.15, -0.1) is 0 Å². The van der Waals surface area contributed by atoms with E-state index in [1.807, 2.05) is 43.1 Å². The van der Waals surface area contributed by atoms with Gasteiger partial charge in [0.15, 0.2) is 0 Å². The minimum absolute atomic E-state index is 0.388. The van der Waals surface area contributed by atoms with Gasteiger partial charge < -0.3 is 15.4 Å². The predicted molar refractivity (Wildman–Crippen MR) is 81.4 cm³/mol. The lowest BCUT2D eigenvalue weighted by atomic mass is 10.1. The molecule has 0 amide bonds. The fourth-order valence-electron chi connectivity index (χ4n) is 2.08. The SMILES string of the molecule is COC(=O)c1ccc(N(C)c2cccc(C)c2)c(N)c1. The number of esters is 1. The molecule has 0 aliphatic heterocycles. The molecule has 2 rings (SSSR count). The van der Waals surface area contributed by atoms with Crippen molar-refractivity contribution in [1.29, 1.82) is 0 Å². The van der Waals surface area contributed by atoms with Crippen molar-refractivity contribution in [2.75, 3.05) is 24.8 Å². The molecule has 104 valence electrons. The second-order valence-corrected chi connectivity index (χ2v) is 4.66. The molecule has 0 aliphatic carbocycles. The van der Waals surface area contributed by atoms with Crippen LogP contribution in [0.25, 0.3) is 0 Å². The van der Waals surface area contributed by atoms with Gasteiger partial charge in [-0.25, -0.2) is 4.79 Å². The van der Waals surface area contributed by atoms with Gasteiger partial charge in [0.2, 0.25) is 0 Å². The summed E-state index contributed by atoms with van der Waals surface area (Å²) in [6, 6.07) is 13.3. The average Bonchev–Trinajstić information content (AvgIpc) is 2.45. The van der Waals surface area contributed by atoms with Crippen molar-refractivity contribution in [2.24, 2.45) is 0 Å². The quantitative estimate of drug-likeness (QED) is 0.687. The second kappa shape index (κ2) is 5.65. The first-order valence-corrected chi connectivity index (χ1v) is 6.31. The van der Waals surface area contributed by atoms with Crippen LogP contribution in [0.2, 0.25) is 0 Å². The Kier molecular flexibility index (Phi) is 3.94. The van der Waals surface area contributed by atoms with Crippen molar-refractivity contribution in [1.82, 2.24) is 0 Å². The lowest BCUT2D eigenvalue weighted by molar-refractivity contribution is 0.0601. The molecule has 4 nitrogen and oxygen atoms in total. The number of carbonyl (C=O) groups excluding carboxylic acids is 1. The first kappa shape index (κ1) is 13.9. The minimum atomic E-state index is -0.388. The van der Waals surface area contributed by atoms with E-state index < -0.39 is 0 Å². The highest BCUT2D eigenvalue weighted by Crippen LogP contribution is 2.30. The highest BCUT2D eigenvalue weighted by Gasteiger charge is 2.11. The molecule has 2 N–H and O–H groups in total. The largest absolute Gasteiger partial charge is 0.465 e. The summed E-state index contributed by atoms with van der Waals surface area (Å²) in [5.74, 6) is -0.388. The number of methoxy groups -OCH3 is 1. The molecule has 20 heavy (non-hydrogen) atoms. The normalized spacial score (nSPS) is 10.2. The van der Waals surface area contributed by atoms with Crippen LogP contribution in [0.3, 0.4) is 0 Å². The van der Waals surface area contributed by atoms with Crippen molar-refractivity contribution in [2.45, 2.75) is 6.92 Å². The molecular weight excluding hydrogens is 252 g/mol. The lowest BCUT2D eigenvalue weighted by Gasteiger charge is -2.22. The van der Waals surface area contributed by atoms with E-state index in [4.69, 9.17) is 5.73 Å². The van der Waals surface area contributed by atoms with E-state index in [9.17, 15) is 4.79 Å². The van der Waals surface area contributed by atoms with Crippen molar-refractivity contribution < 1.29 is 9.53 Å². The molecule has 0 saturated carbocycles. The molecule has 0 aromatic heterocycles. The number of rotatable bonds is 3. The third-order valence-corrected chi connectivity index (χ3v) is 3.20. The Hall–Kier alpha value is -2.49. The fraction of sp³-hybridized carbons (Fsp3) is 0.188. The lowest BCUT2D eigenvalue weighted by Crippen LogP contribution is -2.12. The Bertz CT molecular complexity index is 638. The first-order valence-electron chi connectivity index (χ1n) is 6.31. The monoisotopic (exact) mass is 270 g/mol. The molecule has 2 aromatic carbocycles. The molecule has 2 aromatic rings. The highest BCUT2D eigenvalue weighted by molar-refractivity contribution is 5.92. The van der Waals surface area contributed by atoms with Crippen LogP contribution in [-0.4, -0.2) is 20.1 Å². The van der Waals surface area contributed by atoms with Crippen molar-refractivity contribution in [3.8, 4) is 0 Å². The summed E-state index contributed by atoms with van der Waals surface area (Å²) >= 11 is 0. The van der Waals surface area contributed by atoms with Crippen molar-refractivity contribution in [3.05, 3.63) is 53.6 Å². The third-order valence-electron chi connectivity index (χ3n) is 3.20. The summed E-state index contributed by atoms with van der Waals surface area (Å²) in [5, 5.41) is 0. The van der Waals surface area contributed by atoms with Gasteiger partial charge in [-0.05, 0) is 42.8 Å². The van der Waals surface area contributed by atoms with E-state index in [2.05, 4.69) is 10.8 Å². The number of nitrogens with zero attached hydrogens (tertiary/aromatic N) is 1. The Morgan fingerprint density at radius 1 is 1.20 bits per heavy atom. The molecule has 0 spiro atoms. The summed E-state index contributed by atoms with van der Waals surface area (Å²) in [5.41, 5.74) is 10.1. The average molecular weight is 270 g/mol. The van der Waals surface area contributed by atoms with Crippen molar-refractivity contribution >= 4 is 23.0 Å². The van der Waals surface area contributed by atoms with Crippen LogP contribution in [0.15, 0.2) is 42.5 Å². The number of nitrogens with two attached hydrogens (primary N) is 1. The van der Waals surface area contributed by atoms with Gasteiger partial charge in [0, 0.05) is 12.7 Å². The van der Waals surface area contributed by atoms with Gasteiger partial charge in [0.05, 0.1) is 24.0 Å². The summed E-state index contributed by atoms with van der Waals surface area (Å²) in [6.45, 7) is 2.04. The standard InChI is InChI=1S/C16H18N2O2/c1-11-5-4-6-13(9-11)18(2)15-8-7-12(10-14(15)17)16(19)20-3/h4-10H,17H2,1-3H3. The van der Waals surface area contributed by atoms with Gasteiger partial charge in [0.1, 0.15) is 0 Å². The Morgan fingerprint density at radius 3 is 2.55 bits per heavy atom. The first-order chi connectivity index (χ1) is 9.52. The number of hydrogen-bond donors (Lipinski definition) is 1. The number of nitrogen functional groups attached to an aromatic ring is 1. The Morgan fingerprint density at radius 2 is 1.95 bits per heavy atom. The van der Waals surface area contributed by atoms with Crippen molar-refractivity contribution in [3.63, 3.8) is 0 Å². The number of ether oxygens (including phenoxy) is 1. The van der Waals surface area contributed by atoms with E-state index in [0.717, 1.165) is 11.4 Å². The number of benzene rings is 2. The van der Waals surface area contributed by atoms with Gasteiger partial charge in [0.25, 0.3) is 0 Å². The molecule has 0 atom stereocenters. The molecule has 0 fully saturated rings. The maximum atomic E-state index is 11.5. The minimum Gasteiger partial charge on any atom is -0.465 e. The van der Waals surface area contributed by atoms with Gasteiger partial charge in [-0.3, -0.25) is 0 Å². The summed E-state index contributed by atoms with van der Waals surface area (Å²) in [6.07, 6.45) is 0. The maximum absolute atomic E-state index is 11.5. The number of anilines is 3. The summed E-state index contributed by atoms with van der Waals surface area (Å²) < 4.78 is 4.68. The topological polar surface area (TPSA) is 55.6 Å². The molecule has 0 unspecified atom stereocenters. The third kappa shape index (κ3) is 2.74. The van der Waals surface area contributed by atoms with Crippen LogP contribution < -0.4 is 10.6 Å². The molecule has 0 aliphatic rings. The smallest absolute Gasteiger partial charge is 0.337 e. The highest BCUT2D eigenvalue weighted by atomic mass is 16.5. The Balaban J connectivity index is 2.36. The molecule has 0 bridgehead atoms. The predicted octanol–water partition coefficient (Wildman–Crippen LogP) is 3.13. The van der Waals surface area contributed by atoms with Crippen LogP contribution in [0.5, 0.6) is 0 Å². The van der Waals surface area contributed by atoms with E-state index >= 15 is 0 Å². The zero-order valence-corrected chi connectivity index (χ0v) is 11.9. The number of aryl methyl sites for hydroxylation is 1. The van der Waals surface area contributed by atoms with Crippen LogP contribution in [0, 0.1) is 6.92 Å². The van der Waals surface area contributed by atoms with E-state index in [0.29, 0.717) is 11.3 Å². The van der Waals surface area contributed by atoms with E-state index in [1.54, 1.807) is 12.1 Å².